The highest BCUT2D eigenvalue weighted by Crippen LogP contribution is 2.14. The van der Waals surface area contributed by atoms with Crippen molar-refractivity contribution in [2.45, 2.75) is 38.3 Å². The summed E-state index contributed by atoms with van der Waals surface area (Å²) >= 11 is 0. The van der Waals surface area contributed by atoms with Crippen LogP contribution in [-0.2, 0) is 13.3 Å². The molecule has 0 rings (SSSR count). The zero-order valence-corrected chi connectivity index (χ0v) is 13.5. The zero-order chi connectivity index (χ0) is 13.1. The smallest absolute Gasteiger partial charge is 0.377 e. The fourth-order valence-electron chi connectivity index (χ4n) is 1.57. The lowest BCUT2D eigenvalue weighted by Gasteiger charge is -2.24. The van der Waals surface area contributed by atoms with Crippen LogP contribution in [0.5, 0.6) is 0 Å². The number of nitrogens with one attached hydrogen (secondary N) is 1. The molecule has 3 N–H and O–H groups in total. The molecule has 0 aromatic heterocycles. The van der Waals surface area contributed by atoms with E-state index in [9.17, 15) is 0 Å². The van der Waals surface area contributed by atoms with Crippen molar-refractivity contribution in [2.75, 3.05) is 27.9 Å². The minimum absolute atomic E-state index is 0.826. The van der Waals surface area contributed by atoms with Crippen molar-refractivity contribution in [1.82, 2.24) is 4.98 Å². The molecule has 0 aromatic rings. The maximum atomic E-state index is 6.02. The van der Waals surface area contributed by atoms with Gasteiger partial charge in [0.15, 0.2) is 0 Å². The van der Waals surface area contributed by atoms with E-state index in [2.05, 4.69) is 11.9 Å². The molecule has 0 fully saturated rings. The maximum Gasteiger partial charge on any atom is 0.500 e. The lowest BCUT2D eigenvalue weighted by atomic mass is 10.4. The molecule has 17 heavy (non-hydrogen) atoms. The first-order valence-electron chi connectivity index (χ1n) is 6.14. The van der Waals surface area contributed by atoms with Crippen LogP contribution in [0.2, 0.25) is 12.1 Å². The molecule has 1 radical (unpaired) electrons. The van der Waals surface area contributed by atoms with Crippen LogP contribution in [-0.4, -0.2) is 45.8 Å². The van der Waals surface area contributed by atoms with Gasteiger partial charge in [-0.3, -0.25) is 0 Å². The minimum Gasteiger partial charge on any atom is -0.377 e. The van der Waals surface area contributed by atoms with E-state index in [1.807, 2.05) is 0 Å². The molecule has 0 spiro atoms. The lowest BCUT2D eigenvalue weighted by molar-refractivity contribution is 0.123. The molecular weight excluding hydrogens is 252 g/mol. The van der Waals surface area contributed by atoms with Gasteiger partial charge in [-0.1, -0.05) is 19.8 Å². The van der Waals surface area contributed by atoms with E-state index >= 15 is 0 Å². The van der Waals surface area contributed by atoms with Crippen molar-refractivity contribution in [3.05, 3.63) is 0 Å². The SMILES string of the molecule is CCCC[Si](N)NCCC[Si](OC)(OC)OC. The second-order valence-corrected chi connectivity index (χ2v) is 8.95. The predicted molar refractivity (Wildman–Crippen MR) is 73.9 cm³/mol. The molecule has 0 aliphatic heterocycles. The quantitative estimate of drug-likeness (QED) is 0.438. The Kier molecular flexibility index (Phi) is 10.3. The fraction of sp³-hybridized carbons (Fsp3) is 1.00. The highest BCUT2D eigenvalue weighted by molar-refractivity contribution is 6.60. The molecule has 0 amide bonds. The fourth-order valence-corrected chi connectivity index (χ4v) is 4.70. The molecule has 7 heteroatoms. The number of hydrogen-bond donors (Lipinski definition) is 2. The van der Waals surface area contributed by atoms with E-state index in [1.54, 1.807) is 21.3 Å². The van der Waals surface area contributed by atoms with Crippen molar-refractivity contribution in [3.63, 3.8) is 0 Å². The van der Waals surface area contributed by atoms with Gasteiger partial charge in [-0.2, -0.15) is 0 Å². The maximum absolute atomic E-state index is 6.02. The summed E-state index contributed by atoms with van der Waals surface area (Å²) in [5, 5.41) is 6.02. The molecule has 0 heterocycles. The third kappa shape index (κ3) is 7.29. The van der Waals surface area contributed by atoms with Crippen LogP contribution in [0.3, 0.4) is 0 Å². The summed E-state index contributed by atoms with van der Waals surface area (Å²) in [4.78, 5) is 3.40. The molecule has 0 atom stereocenters. The van der Waals surface area contributed by atoms with Crippen molar-refractivity contribution in [2.24, 2.45) is 5.40 Å². The van der Waals surface area contributed by atoms with E-state index < -0.39 is 17.9 Å². The van der Waals surface area contributed by atoms with Crippen LogP contribution in [0.25, 0.3) is 0 Å². The van der Waals surface area contributed by atoms with E-state index in [0.717, 1.165) is 25.1 Å². The third-order valence-corrected chi connectivity index (χ3v) is 7.17. The molecule has 0 saturated heterocycles. The zero-order valence-electron chi connectivity index (χ0n) is 11.5. The third-order valence-electron chi connectivity index (χ3n) is 2.74. The van der Waals surface area contributed by atoms with Crippen LogP contribution in [0.1, 0.15) is 26.2 Å². The van der Waals surface area contributed by atoms with E-state index in [1.165, 1.54) is 12.8 Å². The van der Waals surface area contributed by atoms with Crippen molar-refractivity contribution in [1.29, 1.82) is 0 Å². The van der Waals surface area contributed by atoms with Gasteiger partial charge in [-0.25, -0.2) is 0 Å². The average Bonchev–Trinajstić information content (AvgIpc) is 2.37. The van der Waals surface area contributed by atoms with E-state index in [0.29, 0.717) is 0 Å². The Morgan fingerprint density at radius 3 is 2.18 bits per heavy atom. The molecule has 0 aliphatic rings. The summed E-state index contributed by atoms with van der Waals surface area (Å²) in [5.74, 6) is 0. The van der Waals surface area contributed by atoms with Crippen molar-refractivity contribution in [3.8, 4) is 0 Å². The molecule has 103 valence electrons. The van der Waals surface area contributed by atoms with E-state index in [4.69, 9.17) is 18.7 Å². The van der Waals surface area contributed by atoms with Gasteiger partial charge in [-0.05, 0) is 19.0 Å². The Morgan fingerprint density at radius 1 is 1.12 bits per heavy atom. The van der Waals surface area contributed by atoms with Gasteiger partial charge in [0.2, 0.25) is 9.12 Å². The summed E-state index contributed by atoms with van der Waals surface area (Å²) in [6.45, 7) is 3.10. The Bertz CT molecular complexity index is 175. The Hall–Kier alpha value is 0.234. The number of hydrogen-bond acceptors (Lipinski definition) is 5. The molecule has 0 bridgehead atoms. The lowest BCUT2D eigenvalue weighted by Crippen LogP contribution is -2.45. The van der Waals surface area contributed by atoms with Crippen LogP contribution in [0, 0.1) is 0 Å². The van der Waals surface area contributed by atoms with Gasteiger partial charge in [0.05, 0.1) is 0 Å². The largest absolute Gasteiger partial charge is 0.500 e. The normalized spacial score (nSPS) is 12.4. The summed E-state index contributed by atoms with van der Waals surface area (Å²) in [6.07, 6.45) is 3.39. The summed E-state index contributed by atoms with van der Waals surface area (Å²) in [6, 6.07) is 1.95. The molecular formula is C10H27N2O3Si2. The number of nitrogens with two attached hydrogens (primary N) is 1. The highest BCUT2D eigenvalue weighted by Gasteiger charge is 2.36. The predicted octanol–water partition coefficient (Wildman–Crippen LogP) is 1.09. The Labute approximate surface area is 108 Å². The number of rotatable bonds is 11. The molecule has 5 nitrogen and oxygen atoms in total. The van der Waals surface area contributed by atoms with Gasteiger partial charge in [0.25, 0.3) is 0 Å². The molecule has 0 aliphatic carbocycles. The first kappa shape index (κ1) is 17.2. The first-order chi connectivity index (χ1) is 8.14. The van der Waals surface area contributed by atoms with Crippen LogP contribution in [0.15, 0.2) is 0 Å². The second kappa shape index (κ2) is 10.2. The van der Waals surface area contributed by atoms with Crippen LogP contribution in [0.4, 0.5) is 0 Å². The summed E-state index contributed by atoms with van der Waals surface area (Å²) in [7, 11) is 1.70. The Morgan fingerprint density at radius 2 is 1.71 bits per heavy atom. The van der Waals surface area contributed by atoms with Crippen LogP contribution < -0.4 is 10.4 Å². The summed E-state index contributed by atoms with van der Waals surface area (Å²) in [5.41, 5.74) is 0. The van der Waals surface area contributed by atoms with Crippen molar-refractivity contribution >= 4 is 17.9 Å². The van der Waals surface area contributed by atoms with Crippen LogP contribution >= 0.6 is 0 Å². The average molecular weight is 280 g/mol. The van der Waals surface area contributed by atoms with Gasteiger partial charge in [0, 0.05) is 27.4 Å². The van der Waals surface area contributed by atoms with E-state index in [-0.39, 0.29) is 0 Å². The van der Waals surface area contributed by atoms with Gasteiger partial charge in [0.1, 0.15) is 0 Å². The van der Waals surface area contributed by atoms with Gasteiger partial charge >= 0.3 is 8.80 Å². The second-order valence-electron chi connectivity index (χ2n) is 3.95. The molecule has 0 unspecified atom stereocenters. The summed E-state index contributed by atoms with van der Waals surface area (Å²) < 4.78 is 16.1. The van der Waals surface area contributed by atoms with Crippen molar-refractivity contribution < 1.29 is 13.3 Å². The van der Waals surface area contributed by atoms with Gasteiger partial charge in [-0.15, -0.1) is 0 Å². The monoisotopic (exact) mass is 279 g/mol. The Balaban J connectivity index is 3.68. The van der Waals surface area contributed by atoms with Gasteiger partial charge < -0.3 is 23.7 Å². The standard InChI is InChI=1S/C10H27N2O3Si2/c1-5-6-9-16(11)12-8-7-10-17(13-2,14-3)15-4/h12H,5-11H2,1-4H3. The molecule has 0 aromatic carbocycles. The minimum atomic E-state index is -2.38. The molecule has 0 saturated carbocycles. The topological polar surface area (TPSA) is 65.7 Å². The first-order valence-corrected chi connectivity index (χ1v) is 9.86. The highest BCUT2D eigenvalue weighted by atomic mass is 28.4. The number of unbranched alkanes of at least 4 members (excludes halogenated alkanes) is 1.